The Kier molecular flexibility index (Phi) is 10.9. The molecule has 0 saturated heterocycles. The molecule has 0 spiro atoms. The third-order valence-corrected chi connectivity index (χ3v) is 5.93. The van der Waals surface area contributed by atoms with E-state index >= 15 is 0 Å². The van der Waals surface area contributed by atoms with Gasteiger partial charge in [-0.3, -0.25) is 0 Å². The Hall–Kier alpha value is -2.08. The Labute approximate surface area is 192 Å². The maximum atomic E-state index is 8.93. The number of nitrogens with zero attached hydrogens (tertiary/aromatic N) is 2. The number of fused-ring (bicyclic) bond motifs is 2. The average Bonchev–Trinajstić information content (AvgIpc) is 2.73. The molecule has 160 valence electrons. The van der Waals surface area contributed by atoms with Crippen LogP contribution in [0.2, 0.25) is 0 Å². The van der Waals surface area contributed by atoms with E-state index in [1.54, 1.807) is 0 Å². The smallest absolute Gasteiger partial charge is 0.0901 e. The predicted molar refractivity (Wildman–Crippen MR) is 110 cm³/mol. The summed E-state index contributed by atoms with van der Waals surface area (Å²) in [5, 5.41) is 17.9. The van der Waals surface area contributed by atoms with Crippen molar-refractivity contribution in [3.05, 3.63) is 70.8 Å². The number of nitrogens with one attached hydrogen (secondary N) is 2. The van der Waals surface area contributed by atoms with Crippen molar-refractivity contribution in [3.8, 4) is 12.1 Å². The van der Waals surface area contributed by atoms with Gasteiger partial charge in [0.25, 0.3) is 0 Å². The summed E-state index contributed by atoms with van der Waals surface area (Å²) in [5.41, 5.74) is 5.71. The minimum atomic E-state index is 0. The van der Waals surface area contributed by atoms with E-state index < -0.39 is 0 Å². The normalized spacial score (nSPS) is 18.3. The summed E-state index contributed by atoms with van der Waals surface area (Å²) in [6.07, 6.45) is 1.19. The van der Waals surface area contributed by atoms with Gasteiger partial charge in [-0.15, -0.1) is 0 Å². The van der Waals surface area contributed by atoms with Crippen LogP contribution in [0.4, 0.5) is 0 Å². The molecule has 2 aromatic rings. The summed E-state index contributed by atoms with van der Waals surface area (Å²) < 4.78 is 0. The van der Waals surface area contributed by atoms with Crippen molar-refractivity contribution >= 4 is 0 Å². The van der Waals surface area contributed by atoms with Crippen LogP contribution in [0.5, 0.6) is 0 Å². The lowest BCUT2D eigenvalue weighted by Gasteiger charge is -2.35. The van der Waals surface area contributed by atoms with Crippen molar-refractivity contribution < 1.29 is 34.6 Å². The Bertz CT molecular complexity index is 768. The third kappa shape index (κ3) is 5.97. The van der Waals surface area contributed by atoms with Crippen LogP contribution in [-0.2, 0) is 0 Å². The molecule has 0 amide bonds. The summed E-state index contributed by atoms with van der Waals surface area (Å²) in [5.74, 6) is 0.725. The fourth-order valence-corrected chi connectivity index (χ4v) is 4.51. The molecule has 0 aromatic heterocycles. The summed E-state index contributed by atoms with van der Waals surface area (Å²) in [6, 6.07) is 22.3. The predicted octanol–water partition coefficient (Wildman–Crippen LogP) is -4.87. The van der Waals surface area contributed by atoms with Crippen LogP contribution in [-0.4, -0.2) is 40.3 Å². The highest BCUT2D eigenvalue weighted by molar-refractivity contribution is 5.52. The van der Waals surface area contributed by atoms with Gasteiger partial charge in [0.15, 0.2) is 0 Å². The first-order valence-corrected chi connectivity index (χ1v) is 10.2. The molecule has 1 aliphatic carbocycles. The van der Waals surface area contributed by atoms with Gasteiger partial charge in [0.05, 0.1) is 77.1 Å². The van der Waals surface area contributed by atoms with Crippen LogP contribution in [0, 0.1) is 22.7 Å². The van der Waals surface area contributed by atoms with E-state index in [9.17, 15) is 0 Å². The van der Waals surface area contributed by atoms with Gasteiger partial charge in [-0.05, 0) is 22.3 Å². The molecule has 1 aliphatic rings. The number of hydrogen-bond acceptors (Lipinski definition) is 2. The van der Waals surface area contributed by atoms with E-state index in [4.69, 9.17) is 10.5 Å². The molecule has 0 bridgehead atoms. The number of rotatable bonds is 8. The second kappa shape index (κ2) is 12.6. The lowest BCUT2D eigenvalue weighted by molar-refractivity contribution is -0.880. The number of quaternary nitrogens is 2. The van der Waals surface area contributed by atoms with Crippen LogP contribution in [0.3, 0.4) is 0 Å². The van der Waals surface area contributed by atoms with Crippen molar-refractivity contribution in [2.45, 2.75) is 24.7 Å². The van der Waals surface area contributed by atoms with Gasteiger partial charge in [-0.1, -0.05) is 48.5 Å². The number of halogens is 2. The second-order valence-corrected chi connectivity index (χ2v) is 8.00. The number of likely N-dealkylation sites (N-methyl/N-ethyl adjacent to an activating group) is 2. The molecule has 4 nitrogen and oxygen atoms in total. The zero-order chi connectivity index (χ0) is 19.9. The monoisotopic (exact) mass is 444 g/mol. The zero-order valence-electron chi connectivity index (χ0n) is 17.7. The summed E-state index contributed by atoms with van der Waals surface area (Å²) in [4.78, 5) is 2.79. The molecule has 0 radical (unpaired) electrons. The molecule has 0 fully saturated rings. The molecule has 30 heavy (non-hydrogen) atoms. The quantitative estimate of drug-likeness (QED) is 0.428. The summed E-state index contributed by atoms with van der Waals surface area (Å²) >= 11 is 0. The Morgan fingerprint density at radius 1 is 0.667 bits per heavy atom. The first-order valence-electron chi connectivity index (χ1n) is 10.2. The first-order chi connectivity index (χ1) is 13.7. The third-order valence-electron chi connectivity index (χ3n) is 5.93. The van der Waals surface area contributed by atoms with Gasteiger partial charge >= 0.3 is 0 Å². The van der Waals surface area contributed by atoms with Gasteiger partial charge in [0.2, 0.25) is 0 Å². The standard InChI is InChI=1S/C24H28N4.2ClH/c1-27(15-7-13-25)17-23-19-9-3-5-11-21(19)24(18-28(2)16-8-14-26)22-12-6-4-10-20(22)23;;/h3-6,9-12,23-24H,7-8,15-18H2,1-2H3;2*1H. The Morgan fingerprint density at radius 3 is 1.23 bits per heavy atom. The highest BCUT2D eigenvalue weighted by Gasteiger charge is 2.34. The van der Waals surface area contributed by atoms with Crippen LogP contribution in [0.25, 0.3) is 0 Å². The number of benzene rings is 2. The van der Waals surface area contributed by atoms with E-state index in [2.05, 4.69) is 74.8 Å². The van der Waals surface area contributed by atoms with Crippen LogP contribution in [0.1, 0.15) is 46.9 Å². The van der Waals surface area contributed by atoms with Crippen LogP contribution < -0.4 is 34.6 Å². The van der Waals surface area contributed by atoms with Crippen LogP contribution >= 0.6 is 0 Å². The van der Waals surface area contributed by atoms with Crippen molar-refractivity contribution in [1.82, 2.24) is 0 Å². The van der Waals surface area contributed by atoms with Crippen molar-refractivity contribution in [1.29, 1.82) is 10.5 Å². The van der Waals surface area contributed by atoms with Gasteiger partial charge in [0, 0.05) is 0 Å². The van der Waals surface area contributed by atoms with Crippen molar-refractivity contribution in [2.75, 3.05) is 40.3 Å². The summed E-state index contributed by atoms with van der Waals surface area (Å²) in [7, 11) is 4.38. The highest BCUT2D eigenvalue weighted by Crippen LogP contribution is 2.42. The van der Waals surface area contributed by atoms with Gasteiger partial charge in [-0.2, -0.15) is 10.5 Å². The molecule has 2 unspecified atom stereocenters. The van der Waals surface area contributed by atoms with Crippen LogP contribution in [0.15, 0.2) is 48.5 Å². The SMILES string of the molecule is C[NH+](CCC#N)CC1c2ccccc2C(C[NH+](C)CCC#N)c2ccccc21.[Cl-].[Cl-]. The zero-order valence-corrected chi connectivity index (χ0v) is 19.2. The molecule has 2 atom stereocenters. The fraction of sp³-hybridized carbons (Fsp3) is 0.417. The van der Waals surface area contributed by atoms with Gasteiger partial charge < -0.3 is 34.6 Å². The minimum absolute atomic E-state index is 0. The molecule has 2 aromatic carbocycles. The van der Waals surface area contributed by atoms with E-state index in [0.29, 0.717) is 24.7 Å². The maximum Gasteiger partial charge on any atom is 0.0901 e. The lowest BCUT2D eigenvalue weighted by Crippen LogP contribution is -3.09. The molecule has 0 aliphatic heterocycles. The van der Waals surface area contributed by atoms with Gasteiger partial charge in [0.1, 0.15) is 0 Å². The van der Waals surface area contributed by atoms with Gasteiger partial charge in [-0.25, -0.2) is 0 Å². The summed E-state index contributed by atoms with van der Waals surface area (Å²) in [6.45, 7) is 3.75. The topological polar surface area (TPSA) is 56.5 Å². The van der Waals surface area contributed by atoms with Crippen molar-refractivity contribution in [3.63, 3.8) is 0 Å². The number of nitriles is 2. The Balaban J connectivity index is 0.00000225. The van der Waals surface area contributed by atoms with E-state index in [-0.39, 0.29) is 24.8 Å². The Morgan fingerprint density at radius 2 is 0.967 bits per heavy atom. The molecule has 3 rings (SSSR count). The maximum absolute atomic E-state index is 8.93. The second-order valence-electron chi connectivity index (χ2n) is 8.00. The fourth-order valence-electron chi connectivity index (χ4n) is 4.51. The van der Waals surface area contributed by atoms with E-state index in [1.807, 2.05) is 0 Å². The minimum Gasteiger partial charge on any atom is -1.00 e. The molecule has 6 heteroatoms. The molecule has 0 heterocycles. The molecular formula is C24H30Cl2N4. The van der Waals surface area contributed by atoms with Crippen molar-refractivity contribution in [2.24, 2.45) is 0 Å². The molecular weight excluding hydrogens is 415 g/mol. The van der Waals surface area contributed by atoms with E-state index in [0.717, 1.165) is 26.2 Å². The lowest BCUT2D eigenvalue weighted by atomic mass is 9.72. The van der Waals surface area contributed by atoms with E-state index in [1.165, 1.54) is 32.1 Å². The average molecular weight is 445 g/mol. The highest BCUT2D eigenvalue weighted by atomic mass is 35.5. The number of hydrogen-bond donors (Lipinski definition) is 2. The largest absolute Gasteiger partial charge is 1.00 e. The molecule has 0 saturated carbocycles. The molecule has 2 N–H and O–H groups in total. The first kappa shape index (κ1) is 26.0.